The standard InChI is InChI=1S/C13H12N2O3/c1-15-10-3-2-9(6-11(10)18-12(15)16)13(4-5-14)7-17-8-13/h2-3,6H,4,7-8H2,1H3. The summed E-state index contributed by atoms with van der Waals surface area (Å²) in [4.78, 5) is 11.4. The maximum Gasteiger partial charge on any atom is 0.419 e. The van der Waals surface area contributed by atoms with E-state index in [4.69, 9.17) is 14.4 Å². The molecule has 1 aromatic heterocycles. The van der Waals surface area contributed by atoms with E-state index in [0.29, 0.717) is 25.2 Å². The van der Waals surface area contributed by atoms with Crippen molar-refractivity contribution in [3.8, 4) is 6.07 Å². The van der Waals surface area contributed by atoms with Crippen molar-refractivity contribution in [1.82, 2.24) is 4.57 Å². The molecule has 0 saturated carbocycles. The molecule has 0 spiro atoms. The third-order valence-corrected chi connectivity index (χ3v) is 3.58. The van der Waals surface area contributed by atoms with E-state index in [2.05, 4.69) is 6.07 Å². The molecule has 0 amide bonds. The van der Waals surface area contributed by atoms with Gasteiger partial charge in [-0.15, -0.1) is 0 Å². The van der Waals surface area contributed by atoms with E-state index in [1.807, 2.05) is 18.2 Å². The van der Waals surface area contributed by atoms with Gasteiger partial charge in [0.05, 0.1) is 30.2 Å². The minimum atomic E-state index is -0.374. The Morgan fingerprint density at radius 1 is 1.50 bits per heavy atom. The lowest BCUT2D eigenvalue weighted by molar-refractivity contribution is -0.0576. The molecule has 0 aliphatic carbocycles. The lowest BCUT2D eigenvalue weighted by atomic mass is 9.76. The lowest BCUT2D eigenvalue weighted by Crippen LogP contribution is -2.46. The highest BCUT2D eigenvalue weighted by Gasteiger charge is 2.40. The third kappa shape index (κ3) is 1.39. The van der Waals surface area contributed by atoms with Crippen molar-refractivity contribution in [2.45, 2.75) is 11.8 Å². The van der Waals surface area contributed by atoms with Crippen molar-refractivity contribution in [3.05, 3.63) is 34.3 Å². The van der Waals surface area contributed by atoms with Crippen molar-refractivity contribution in [2.24, 2.45) is 7.05 Å². The quantitative estimate of drug-likeness (QED) is 0.798. The van der Waals surface area contributed by atoms with Crippen molar-refractivity contribution < 1.29 is 9.15 Å². The predicted octanol–water partition coefficient (Wildman–Crippen LogP) is 1.31. The van der Waals surface area contributed by atoms with Gasteiger partial charge in [-0.1, -0.05) is 6.07 Å². The molecule has 1 aliphatic heterocycles. The van der Waals surface area contributed by atoms with Gasteiger partial charge in [0.15, 0.2) is 5.58 Å². The van der Waals surface area contributed by atoms with Crippen LogP contribution in [0.1, 0.15) is 12.0 Å². The van der Waals surface area contributed by atoms with Gasteiger partial charge in [-0.2, -0.15) is 5.26 Å². The van der Waals surface area contributed by atoms with E-state index in [1.54, 1.807) is 7.05 Å². The molecule has 18 heavy (non-hydrogen) atoms. The van der Waals surface area contributed by atoms with Crippen molar-refractivity contribution in [1.29, 1.82) is 5.26 Å². The molecule has 92 valence electrons. The number of nitrogens with zero attached hydrogens (tertiary/aromatic N) is 2. The van der Waals surface area contributed by atoms with E-state index < -0.39 is 0 Å². The molecular weight excluding hydrogens is 232 g/mol. The SMILES string of the molecule is Cn1c(=O)oc2cc(C3(CC#N)COC3)ccc21. The van der Waals surface area contributed by atoms with Gasteiger partial charge in [0.25, 0.3) is 0 Å². The molecule has 1 fully saturated rings. The second kappa shape index (κ2) is 3.72. The van der Waals surface area contributed by atoms with E-state index in [-0.39, 0.29) is 11.2 Å². The number of rotatable bonds is 2. The van der Waals surface area contributed by atoms with Gasteiger partial charge in [-0.25, -0.2) is 4.79 Å². The van der Waals surface area contributed by atoms with Crippen LogP contribution >= 0.6 is 0 Å². The average molecular weight is 244 g/mol. The highest BCUT2D eigenvalue weighted by Crippen LogP contribution is 2.36. The summed E-state index contributed by atoms with van der Waals surface area (Å²) in [6.07, 6.45) is 0.412. The molecule has 5 nitrogen and oxygen atoms in total. The number of aromatic nitrogens is 1. The molecule has 0 radical (unpaired) electrons. The Balaban J connectivity index is 2.14. The fourth-order valence-electron chi connectivity index (χ4n) is 2.33. The van der Waals surface area contributed by atoms with Crippen LogP contribution in [0.4, 0.5) is 0 Å². The van der Waals surface area contributed by atoms with Gasteiger partial charge >= 0.3 is 5.76 Å². The molecular formula is C13H12N2O3. The zero-order chi connectivity index (χ0) is 12.8. The molecule has 3 rings (SSSR count). The van der Waals surface area contributed by atoms with Crippen molar-refractivity contribution in [2.75, 3.05) is 13.2 Å². The minimum Gasteiger partial charge on any atom is -0.408 e. The van der Waals surface area contributed by atoms with Crippen LogP contribution in [0.15, 0.2) is 27.4 Å². The highest BCUT2D eigenvalue weighted by atomic mass is 16.5. The van der Waals surface area contributed by atoms with Crippen LogP contribution in [0.3, 0.4) is 0 Å². The number of ether oxygens (including phenoxy) is 1. The van der Waals surface area contributed by atoms with E-state index >= 15 is 0 Å². The fourth-order valence-corrected chi connectivity index (χ4v) is 2.33. The first-order valence-corrected chi connectivity index (χ1v) is 5.71. The number of hydrogen-bond acceptors (Lipinski definition) is 4. The Morgan fingerprint density at radius 3 is 2.89 bits per heavy atom. The smallest absolute Gasteiger partial charge is 0.408 e. The molecule has 5 heteroatoms. The molecule has 1 aliphatic rings. The fraction of sp³-hybridized carbons (Fsp3) is 0.385. The predicted molar refractivity (Wildman–Crippen MR) is 64.2 cm³/mol. The number of benzene rings is 1. The van der Waals surface area contributed by atoms with E-state index in [0.717, 1.165) is 11.1 Å². The maximum absolute atomic E-state index is 11.4. The maximum atomic E-state index is 11.4. The van der Waals surface area contributed by atoms with Crippen LogP contribution in [0.5, 0.6) is 0 Å². The van der Waals surface area contributed by atoms with Gasteiger partial charge in [0.2, 0.25) is 0 Å². The summed E-state index contributed by atoms with van der Waals surface area (Å²) in [5, 5.41) is 8.91. The molecule has 2 heterocycles. The molecule has 1 saturated heterocycles. The summed E-state index contributed by atoms with van der Waals surface area (Å²) < 4.78 is 11.9. The first kappa shape index (κ1) is 11.1. The largest absolute Gasteiger partial charge is 0.419 e. The first-order chi connectivity index (χ1) is 8.66. The van der Waals surface area contributed by atoms with Crippen LogP contribution in [-0.2, 0) is 17.2 Å². The van der Waals surface area contributed by atoms with E-state index in [1.165, 1.54) is 4.57 Å². The van der Waals surface area contributed by atoms with Crippen LogP contribution in [0.2, 0.25) is 0 Å². The topological polar surface area (TPSA) is 68.2 Å². The molecule has 2 aromatic rings. The first-order valence-electron chi connectivity index (χ1n) is 5.71. The Kier molecular flexibility index (Phi) is 2.28. The summed E-state index contributed by atoms with van der Waals surface area (Å²) in [6.45, 7) is 1.09. The second-order valence-corrected chi connectivity index (χ2v) is 4.72. The summed E-state index contributed by atoms with van der Waals surface area (Å²) >= 11 is 0. The average Bonchev–Trinajstić information content (AvgIpc) is 2.59. The van der Waals surface area contributed by atoms with Crippen LogP contribution < -0.4 is 5.76 Å². The summed E-state index contributed by atoms with van der Waals surface area (Å²) in [5.41, 5.74) is 2.08. The van der Waals surface area contributed by atoms with Gasteiger partial charge in [0.1, 0.15) is 0 Å². The molecule has 0 unspecified atom stereocenters. The lowest BCUT2D eigenvalue weighted by Gasteiger charge is -2.40. The molecule has 0 atom stereocenters. The van der Waals surface area contributed by atoms with Crippen LogP contribution in [-0.4, -0.2) is 17.8 Å². The number of aryl methyl sites for hydroxylation is 1. The molecule has 0 N–H and O–H groups in total. The minimum absolute atomic E-state index is 0.239. The summed E-state index contributed by atoms with van der Waals surface area (Å²) in [6, 6.07) is 7.84. The van der Waals surface area contributed by atoms with Gasteiger partial charge in [-0.05, 0) is 17.7 Å². The Morgan fingerprint density at radius 2 is 2.28 bits per heavy atom. The van der Waals surface area contributed by atoms with Crippen LogP contribution in [0, 0.1) is 11.3 Å². The number of hydrogen-bond donors (Lipinski definition) is 0. The Labute approximate surface area is 103 Å². The summed E-state index contributed by atoms with van der Waals surface area (Å²) in [7, 11) is 1.67. The third-order valence-electron chi connectivity index (χ3n) is 3.58. The second-order valence-electron chi connectivity index (χ2n) is 4.72. The number of nitriles is 1. The monoisotopic (exact) mass is 244 g/mol. The van der Waals surface area contributed by atoms with Gasteiger partial charge < -0.3 is 9.15 Å². The normalized spacial score (nSPS) is 17.3. The van der Waals surface area contributed by atoms with Crippen LogP contribution in [0.25, 0.3) is 11.1 Å². The van der Waals surface area contributed by atoms with Crippen molar-refractivity contribution >= 4 is 11.1 Å². The number of oxazole rings is 1. The van der Waals surface area contributed by atoms with Gasteiger partial charge in [0, 0.05) is 13.5 Å². The van der Waals surface area contributed by atoms with E-state index in [9.17, 15) is 4.79 Å². The zero-order valence-corrected chi connectivity index (χ0v) is 9.97. The summed E-state index contributed by atoms with van der Waals surface area (Å²) in [5.74, 6) is -0.374. The Bertz CT molecular complexity index is 701. The van der Waals surface area contributed by atoms with Gasteiger partial charge in [-0.3, -0.25) is 4.57 Å². The van der Waals surface area contributed by atoms with Crippen molar-refractivity contribution in [3.63, 3.8) is 0 Å². The molecule has 1 aromatic carbocycles. The zero-order valence-electron chi connectivity index (χ0n) is 9.97. The Hall–Kier alpha value is -2.06. The molecule has 0 bridgehead atoms. The number of fused-ring (bicyclic) bond motifs is 1. The highest BCUT2D eigenvalue weighted by molar-refractivity contribution is 5.74.